The van der Waals surface area contributed by atoms with Crippen molar-refractivity contribution in [2.24, 2.45) is 10.9 Å². The van der Waals surface area contributed by atoms with Crippen molar-refractivity contribution < 1.29 is 4.74 Å². The third-order valence-electron chi connectivity index (χ3n) is 3.28. The molecule has 3 nitrogen and oxygen atoms in total. The van der Waals surface area contributed by atoms with E-state index >= 15 is 0 Å². The molecule has 1 aliphatic rings. The second-order valence-corrected chi connectivity index (χ2v) is 5.40. The lowest BCUT2D eigenvalue weighted by Gasteiger charge is -2.22. The molecule has 0 radical (unpaired) electrons. The summed E-state index contributed by atoms with van der Waals surface area (Å²) < 4.78 is 5.76. The molecule has 2 heterocycles. The number of hydrogen-bond donors (Lipinski definition) is 0. The van der Waals surface area contributed by atoms with Crippen molar-refractivity contribution in [2.75, 3.05) is 6.61 Å². The molecule has 0 N–H and O–H groups in total. The highest BCUT2D eigenvalue weighted by Gasteiger charge is 2.35. The lowest BCUT2D eigenvalue weighted by molar-refractivity contribution is 0.274. The van der Waals surface area contributed by atoms with Crippen molar-refractivity contribution in [3.63, 3.8) is 0 Å². The zero-order valence-corrected chi connectivity index (χ0v) is 11.0. The van der Waals surface area contributed by atoms with Crippen LogP contribution in [0.4, 0.5) is 0 Å². The fourth-order valence-corrected chi connectivity index (χ4v) is 1.91. The van der Waals surface area contributed by atoms with Crippen LogP contribution in [0.2, 0.25) is 0 Å². The molecule has 2 rings (SSSR count). The Morgan fingerprint density at radius 1 is 1.35 bits per heavy atom. The fourth-order valence-electron chi connectivity index (χ4n) is 1.91. The van der Waals surface area contributed by atoms with Crippen LogP contribution in [-0.4, -0.2) is 23.5 Å². The summed E-state index contributed by atoms with van der Waals surface area (Å²) in [6, 6.07) is 6.23. The molecule has 1 aliphatic heterocycles. The van der Waals surface area contributed by atoms with Crippen molar-refractivity contribution in [1.82, 2.24) is 4.98 Å². The van der Waals surface area contributed by atoms with Gasteiger partial charge in [0.2, 0.25) is 0 Å². The van der Waals surface area contributed by atoms with Gasteiger partial charge in [-0.2, -0.15) is 0 Å². The number of rotatable bonds is 3. The summed E-state index contributed by atoms with van der Waals surface area (Å²) in [4.78, 5) is 9.09. The Kier molecular flexibility index (Phi) is 3.18. The molecule has 1 atom stereocenters. The molecule has 0 aliphatic carbocycles. The molecule has 1 aromatic heterocycles. The quantitative estimate of drug-likeness (QED) is 0.803. The van der Waals surface area contributed by atoms with Crippen LogP contribution in [-0.2, 0) is 10.2 Å². The van der Waals surface area contributed by atoms with E-state index in [0.717, 1.165) is 11.6 Å². The maximum atomic E-state index is 5.76. The van der Waals surface area contributed by atoms with E-state index in [9.17, 15) is 0 Å². The van der Waals surface area contributed by atoms with Gasteiger partial charge in [0.15, 0.2) is 5.90 Å². The van der Waals surface area contributed by atoms with Gasteiger partial charge in [-0.3, -0.25) is 4.98 Å². The maximum absolute atomic E-state index is 5.76. The Balaban J connectivity index is 2.26. The van der Waals surface area contributed by atoms with Gasteiger partial charge in [-0.05, 0) is 31.9 Å². The summed E-state index contributed by atoms with van der Waals surface area (Å²) in [5.41, 5.74) is 0.758. The minimum Gasteiger partial charge on any atom is -0.478 e. The molecule has 0 unspecified atom stereocenters. The third kappa shape index (κ3) is 2.33. The van der Waals surface area contributed by atoms with Crippen molar-refractivity contribution in [3.8, 4) is 0 Å². The third-order valence-corrected chi connectivity index (χ3v) is 3.28. The molecule has 0 amide bonds. The number of aromatic nitrogens is 1. The Morgan fingerprint density at radius 3 is 2.65 bits per heavy atom. The summed E-state index contributed by atoms with van der Waals surface area (Å²) in [7, 11) is 0. The second kappa shape index (κ2) is 4.47. The van der Waals surface area contributed by atoms with Crippen molar-refractivity contribution in [2.45, 2.75) is 39.2 Å². The van der Waals surface area contributed by atoms with E-state index in [-0.39, 0.29) is 11.5 Å². The van der Waals surface area contributed by atoms with Gasteiger partial charge in [-0.1, -0.05) is 19.9 Å². The van der Waals surface area contributed by atoms with Crippen molar-refractivity contribution in [3.05, 3.63) is 30.1 Å². The van der Waals surface area contributed by atoms with Crippen LogP contribution in [0.5, 0.6) is 0 Å². The maximum Gasteiger partial charge on any atom is 0.195 e. The molecule has 0 saturated heterocycles. The molecule has 0 saturated carbocycles. The lowest BCUT2D eigenvalue weighted by Crippen LogP contribution is -2.30. The van der Waals surface area contributed by atoms with Gasteiger partial charge in [0.25, 0.3) is 0 Å². The van der Waals surface area contributed by atoms with Gasteiger partial charge in [0, 0.05) is 6.20 Å². The van der Waals surface area contributed by atoms with Gasteiger partial charge in [-0.25, -0.2) is 4.99 Å². The first kappa shape index (κ1) is 12.1. The Hall–Kier alpha value is -1.38. The van der Waals surface area contributed by atoms with E-state index < -0.39 is 0 Å². The summed E-state index contributed by atoms with van der Waals surface area (Å²) in [5.74, 6) is 1.34. The molecule has 3 heteroatoms. The number of aliphatic imine (C=N–C) groups is 1. The normalized spacial score (nSPS) is 20.3. The predicted octanol–water partition coefficient (Wildman–Crippen LogP) is 2.81. The van der Waals surface area contributed by atoms with E-state index in [1.807, 2.05) is 24.4 Å². The van der Waals surface area contributed by atoms with Gasteiger partial charge >= 0.3 is 0 Å². The average molecular weight is 232 g/mol. The summed E-state index contributed by atoms with van der Waals surface area (Å²) >= 11 is 0. The number of ether oxygens (including phenoxy) is 1. The first-order chi connectivity index (χ1) is 8.01. The molecule has 0 aromatic carbocycles. The lowest BCUT2D eigenvalue weighted by atomic mass is 9.88. The van der Waals surface area contributed by atoms with E-state index in [1.165, 1.54) is 0 Å². The molecule has 0 spiro atoms. The van der Waals surface area contributed by atoms with E-state index in [1.54, 1.807) is 0 Å². The zero-order valence-electron chi connectivity index (χ0n) is 11.0. The molecular formula is C14H20N2O. The smallest absolute Gasteiger partial charge is 0.195 e. The monoisotopic (exact) mass is 232 g/mol. The molecule has 0 fully saturated rings. The minimum atomic E-state index is -0.245. The van der Waals surface area contributed by atoms with E-state index in [2.05, 4.69) is 32.7 Å². The predicted molar refractivity (Wildman–Crippen MR) is 69.3 cm³/mol. The highest BCUT2D eigenvalue weighted by atomic mass is 16.5. The summed E-state index contributed by atoms with van der Waals surface area (Å²) in [6.07, 6.45) is 1.81. The number of pyridine rings is 1. The molecule has 1 aromatic rings. The average Bonchev–Trinajstić information content (AvgIpc) is 2.80. The minimum absolute atomic E-state index is 0.245. The van der Waals surface area contributed by atoms with Crippen LogP contribution in [0.15, 0.2) is 29.4 Å². The fraction of sp³-hybridized carbons (Fsp3) is 0.571. The summed E-state index contributed by atoms with van der Waals surface area (Å²) in [5, 5.41) is 0. The van der Waals surface area contributed by atoms with Gasteiger partial charge in [0.1, 0.15) is 6.61 Å². The number of nitrogens with zero attached hydrogens (tertiary/aromatic N) is 2. The van der Waals surface area contributed by atoms with Crippen LogP contribution in [0, 0.1) is 5.92 Å². The Labute approximate surface area is 103 Å². The molecular weight excluding hydrogens is 212 g/mol. The van der Waals surface area contributed by atoms with Crippen LogP contribution in [0.3, 0.4) is 0 Å². The van der Waals surface area contributed by atoms with E-state index in [4.69, 9.17) is 9.73 Å². The second-order valence-electron chi connectivity index (χ2n) is 5.40. The first-order valence-electron chi connectivity index (χ1n) is 6.14. The highest BCUT2D eigenvalue weighted by Crippen LogP contribution is 2.28. The molecule has 92 valence electrons. The molecule has 0 bridgehead atoms. The SMILES string of the molecule is CC(C)[C@@H]1COC(C(C)(C)c2ccccn2)=N1. The zero-order chi connectivity index (χ0) is 12.5. The van der Waals surface area contributed by atoms with Crippen LogP contribution in [0.1, 0.15) is 33.4 Å². The van der Waals surface area contributed by atoms with Crippen LogP contribution < -0.4 is 0 Å². The molecule has 17 heavy (non-hydrogen) atoms. The van der Waals surface area contributed by atoms with Gasteiger partial charge in [0.05, 0.1) is 17.2 Å². The van der Waals surface area contributed by atoms with Crippen molar-refractivity contribution in [1.29, 1.82) is 0 Å². The number of hydrogen-bond acceptors (Lipinski definition) is 3. The van der Waals surface area contributed by atoms with Gasteiger partial charge in [-0.15, -0.1) is 0 Å². The Bertz CT molecular complexity index is 409. The van der Waals surface area contributed by atoms with Crippen LogP contribution in [0.25, 0.3) is 0 Å². The standard InChI is InChI=1S/C14H20N2O/c1-10(2)11-9-17-13(16-11)14(3,4)12-7-5-6-8-15-12/h5-8,10-11H,9H2,1-4H3/t11-/m0/s1. The van der Waals surface area contributed by atoms with E-state index in [0.29, 0.717) is 12.5 Å². The van der Waals surface area contributed by atoms with Gasteiger partial charge < -0.3 is 4.74 Å². The van der Waals surface area contributed by atoms with Crippen molar-refractivity contribution >= 4 is 5.90 Å². The topological polar surface area (TPSA) is 34.5 Å². The highest BCUT2D eigenvalue weighted by molar-refractivity contribution is 5.88. The summed E-state index contributed by atoms with van der Waals surface area (Å²) in [6.45, 7) is 9.26. The Morgan fingerprint density at radius 2 is 2.12 bits per heavy atom. The first-order valence-corrected chi connectivity index (χ1v) is 6.14. The van der Waals surface area contributed by atoms with Crippen LogP contribution >= 0.6 is 0 Å². The largest absolute Gasteiger partial charge is 0.478 e.